The minimum absolute atomic E-state index is 0.202. The van der Waals surface area contributed by atoms with Crippen molar-refractivity contribution >= 4 is 21.7 Å². The second-order valence-corrected chi connectivity index (χ2v) is 7.57. The molecule has 3 N–H and O–H groups in total. The zero-order chi connectivity index (χ0) is 15.8. The van der Waals surface area contributed by atoms with Gasteiger partial charge in [0.15, 0.2) is 0 Å². The molecule has 1 fully saturated rings. The van der Waals surface area contributed by atoms with Crippen molar-refractivity contribution in [3.05, 3.63) is 24.3 Å². The van der Waals surface area contributed by atoms with Crippen molar-refractivity contribution in [1.82, 2.24) is 4.31 Å². The topological polar surface area (TPSA) is 104 Å². The Morgan fingerprint density at radius 1 is 1.33 bits per heavy atom. The second kappa shape index (κ2) is 5.28. The van der Waals surface area contributed by atoms with Gasteiger partial charge in [-0.2, -0.15) is 0 Å². The highest BCUT2D eigenvalue weighted by Crippen LogP contribution is 2.26. The molecular formula is C13H19N3O4S. The number of hydrogen-bond donors (Lipinski definition) is 2. The van der Waals surface area contributed by atoms with Gasteiger partial charge in [0.25, 0.3) is 0 Å². The molecule has 0 saturated carbocycles. The van der Waals surface area contributed by atoms with E-state index in [1.165, 1.54) is 26.2 Å². The van der Waals surface area contributed by atoms with Crippen LogP contribution in [0.4, 0.5) is 5.69 Å². The van der Waals surface area contributed by atoms with E-state index in [1.807, 2.05) is 4.90 Å². The average molecular weight is 313 g/mol. The first-order valence-electron chi connectivity index (χ1n) is 6.47. The highest BCUT2D eigenvalue weighted by atomic mass is 32.2. The Balaban J connectivity index is 2.20. The quantitative estimate of drug-likeness (QED) is 0.806. The van der Waals surface area contributed by atoms with Gasteiger partial charge in [-0.05, 0) is 30.7 Å². The summed E-state index contributed by atoms with van der Waals surface area (Å²) in [6.45, 7) is 0.741. The number of nitrogens with two attached hydrogens (primary N) is 1. The first kappa shape index (κ1) is 15.7. The van der Waals surface area contributed by atoms with Gasteiger partial charge in [-0.1, -0.05) is 0 Å². The zero-order valence-corrected chi connectivity index (χ0v) is 12.8. The molecule has 0 radical (unpaired) electrons. The number of carboxylic acid groups (broad SMARTS) is 1. The number of rotatable bonds is 4. The molecule has 1 aliphatic rings. The van der Waals surface area contributed by atoms with Crippen LogP contribution in [0.2, 0.25) is 0 Å². The van der Waals surface area contributed by atoms with Crippen LogP contribution in [-0.4, -0.2) is 56.5 Å². The normalized spacial score (nSPS) is 22.8. The monoisotopic (exact) mass is 313 g/mol. The van der Waals surface area contributed by atoms with Gasteiger partial charge in [0, 0.05) is 32.9 Å². The van der Waals surface area contributed by atoms with E-state index in [4.69, 9.17) is 10.8 Å². The van der Waals surface area contributed by atoms with Crippen molar-refractivity contribution in [2.75, 3.05) is 32.1 Å². The summed E-state index contributed by atoms with van der Waals surface area (Å²) in [5.41, 5.74) is 5.35. The number of sulfonamides is 1. The number of benzene rings is 1. The van der Waals surface area contributed by atoms with Gasteiger partial charge in [0.05, 0.1) is 4.90 Å². The Hall–Kier alpha value is -1.64. The first-order valence-corrected chi connectivity index (χ1v) is 7.91. The lowest BCUT2D eigenvalue weighted by molar-refractivity contribution is -0.142. The van der Waals surface area contributed by atoms with Crippen molar-refractivity contribution in [3.63, 3.8) is 0 Å². The number of hydrogen-bond acceptors (Lipinski definition) is 5. The van der Waals surface area contributed by atoms with Gasteiger partial charge < -0.3 is 15.7 Å². The molecule has 1 aromatic carbocycles. The molecule has 0 aliphatic carbocycles. The Morgan fingerprint density at radius 2 is 1.90 bits per heavy atom. The third kappa shape index (κ3) is 2.87. The predicted octanol–water partition coefficient (Wildman–Crippen LogP) is -0.0709. The van der Waals surface area contributed by atoms with Gasteiger partial charge in [-0.15, -0.1) is 0 Å². The van der Waals surface area contributed by atoms with Crippen LogP contribution < -0.4 is 10.6 Å². The Morgan fingerprint density at radius 3 is 2.33 bits per heavy atom. The van der Waals surface area contributed by atoms with Crippen molar-refractivity contribution < 1.29 is 18.3 Å². The number of nitrogens with zero attached hydrogens (tertiary/aromatic N) is 2. The SMILES string of the molecule is CN(C)S(=O)(=O)c1ccc(N2CCC(N)(C(=O)O)C2)cc1. The first-order chi connectivity index (χ1) is 9.67. The van der Waals surface area contributed by atoms with Crippen LogP contribution in [0.5, 0.6) is 0 Å². The van der Waals surface area contributed by atoms with Crippen LogP contribution in [-0.2, 0) is 14.8 Å². The van der Waals surface area contributed by atoms with Gasteiger partial charge in [-0.3, -0.25) is 4.79 Å². The molecule has 1 aliphatic heterocycles. The zero-order valence-electron chi connectivity index (χ0n) is 12.0. The van der Waals surface area contributed by atoms with Crippen molar-refractivity contribution in [2.24, 2.45) is 5.73 Å². The molecule has 116 valence electrons. The van der Waals surface area contributed by atoms with Crippen molar-refractivity contribution in [2.45, 2.75) is 16.9 Å². The van der Waals surface area contributed by atoms with E-state index >= 15 is 0 Å². The van der Waals surface area contributed by atoms with Crippen LogP contribution in [0.25, 0.3) is 0 Å². The smallest absolute Gasteiger partial charge is 0.325 e. The van der Waals surface area contributed by atoms with Crippen molar-refractivity contribution in [3.8, 4) is 0 Å². The molecule has 21 heavy (non-hydrogen) atoms. The lowest BCUT2D eigenvalue weighted by atomic mass is 10.0. The highest BCUT2D eigenvalue weighted by Gasteiger charge is 2.41. The summed E-state index contributed by atoms with van der Waals surface area (Å²) >= 11 is 0. The highest BCUT2D eigenvalue weighted by molar-refractivity contribution is 7.89. The van der Waals surface area contributed by atoms with E-state index in [2.05, 4.69) is 0 Å². The number of aliphatic carboxylic acids is 1. The maximum atomic E-state index is 12.0. The molecule has 0 spiro atoms. The third-order valence-electron chi connectivity index (χ3n) is 3.71. The Labute approximate surface area is 124 Å². The molecule has 0 bridgehead atoms. The Kier molecular flexibility index (Phi) is 3.96. The number of carboxylic acids is 1. The fourth-order valence-electron chi connectivity index (χ4n) is 2.27. The molecule has 2 rings (SSSR count). The van der Waals surface area contributed by atoms with Gasteiger partial charge in [-0.25, -0.2) is 12.7 Å². The van der Waals surface area contributed by atoms with E-state index in [1.54, 1.807) is 12.1 Å². The summed E-state index contributed by atoms with van der Waals surface area (Å²) in [6.07, 6.45) is 0.361. The molecule has 7 nitrogen and oxygen atoms in total. The average Bonchev–Trinajstić information content (AvgIpc) is 2.83. The summed E-state index contributed by atoms with van der Waals surface area (Å²) in [5, 5.41) is 9.11. The fourth-order valence-corrected chi connectivity index (χ4v) is 3.17. The fraction of sp³-hybridized carbons (Fsp3) is 0.462. The molecule has 1 atom stereocenters. The molecule has 0 amide bonds. The predicted molar refractivity (Wildman–Crippen MR) is 78.7 cm³/mol. The van der Waals surface area contributed by atoms with E-state index in [0.29, 0.717) is 13.0 Å². The molecular weight excluding hydrogens is 294 g/mol. The molecule has 8 heteroatoms. The largest absolute Gasteiger partial charge is 0.480 e. The van der Waals surface area contributed by atoms with E-state index in [-0.39, 0.29) is 11.4 Å². The summed E-state index contributed by atoms with van der Waals surface area (Å²) in [4.78, 5) is 13.2. The number of anilines is 1. The molecule has 1 heterocycles. The maximum Gasteiger partial charge on any atom is 0.325 e. The van der Waals surface area contributed by atoms with Crippen LogP contribution in [0.1, 0.15) is 6.42 Å². The minimum atomic E-state index is -3.46. The minimum Gasteiger partial charge on any atom is -0.480 e. The standard InChI is InChI=1S/C13H19N3O4S/c1-15(2)21(19,20)11-5-3-10(4-6-11)16-8-7-13(14,9-16)12(17)18/h3-6H,7-9,14H2,1-2H3,(H,17,18). The summed E-state index contributed by atoms with van der Waals surface area (Å²) in [7, 11) is -0.514. The van der Waals surface area contributed by atoms with Gasteiger partial charge in [0.2, 0.25) is 10.0 Å². The molecule has 1 aromatic rings. The van der Waals surface area contributed by atoms with E-state index in [9.17, 15) is 13.2 Å². The maximum absolute atomic E-state index is 12.0. The Bertz CT molecular complexity index is 642. The summed E-state index contributed by atoms with van der Waals surface area (Å²) in [6, 6.07) is 6.37. The van der Waals surface area contributed by atoms with Gasteiger partial charge in [0.1, 0.15) is 5.54 Å². The third-order valence-corrected chi connectivity index (χ3v) is 5.54. The van der Waals surface area contributed by atoms with E-state index < -0.39 is 21.5 Å². The lowest BCUT2D eigenvalue weighted by Crippen LogP contribution is -2.50. The van der Waals surface area contributed by atoms with Crippen LogP contribution >= 0.6 is 0 Å². The van der Waals surface area contributed by atoms with E-state index in [0.717, 1.165) is 9.99 Å². The van der Waals surface area contributed by atoms with Crippen LogP contribution in [0.3, 0.4) is 0 Å². The molecule has 0 aromatic heterocycles. The molecule has 1 saturated heterocycles. The van der Waals surface area contributed by atoms with Crippen LogP contribution in [0.15, 0.2) is 29.2 Å². The van der Waals surface area contributed by atoms with Gasteiger partial charge >= 0.3 is 5.97 Å². The number of carbonyl (C=O) groups is 1. The second-order valence-electron chi connectivity index (χ2n) is 5.41. The molecule has 1 unspecified atom stereocenters. The summed E-state index contributed by atoms with van der Waals surface area (Å²) < 4.78 is 25.1. The lowest BCUT2D eigenvalue weighted by Gasteiger charge is -2.22. The van der Waals surface area contributed by atoms with Crippen molar-refractivity contribution in [1.29, 1.82) is 0 Å². The summed E-state index contributed by atoms with van der Waals surface area (Å²) in [5.74, 6) is -1.02. The van der Waals surface area contributed by atoms with Crippen LogP contribution in [0, 0.1) is 0 Å².